The van der Waals surface area contributed by atoms with Gasteiger partial charge in [0.25, 0.3) is 0 Å². The molecule has 0 atom stereocenters. The summed E-state index contributed by atoms with van der Waals surface area (Å²) in [6.07, 6.45) is 3.58. The van der Waals surface area contributed by atoms with E-state index in [1.54, 1.807) is 37.4 Å². The molecule has 0 saturated heterocycles. The molecule has 0 fully saturated rings. The molecule has 3 rings (SSSR count). The summed E-state index contributed by atoms with van der Waals surface area (Å²) in [5, 5.41) is 3.51. The standard InChI is InChI=1S/C21H21N3O3S/c1-3-27-20(26)16-9-5-6-10-17(16)23-19(25)14-28-21-22-12-13-24(21)18-11-7-4-8-15(18)2/h4-13H,3,14H2,1-2H3,(H,23,25). The number of rotatable bonds is 7. The SMILES string of the molecule is CCOC(=O)c1ccccc1NC(=O)CSc1nccn1-c1ccccc1C. The van der Waals surface area contributed by atoms with Gasteiger partial charge >= 0.3 is 5.97 Å². The second-order valence-electron chi connectivity index (χ2n) is 5.97. The van der Waals surface area contributed by atoms with Crippen LogP contribution in [-0.2, 0) is 9.53 Å². The number of carbonyl (C=O) groups is 2. The number of amides is 1. The molecule has 0 bridgehead atoms. The first-order valence-corrected chi connectivity index (χ1v) is 9.87. The number of ether oxygens (including phenoxy) is 1. The Bertz CT molecular complexity index is 984. The zero-order chi connectivity index (χ0) is 19.9. The topological polar surface area (TPSA) is 73.2 Å². The fraction of sp³-hybridized carbons (Fsp3) is 0.190. The number of aryl methyl sites for hydroxylation is 1. The number of esters is 1. The molecule has 28 heavy (non-hydrogen) atoms. The lowest BCUT2D eigenvalue weighted by Crippen LogP contribution is -2.17. The number of para-hydroxylation sites is 2. The maximum atomic E-state index is 12.4. The van der Waals surface area contributed by atoms with Crippen molar-refractivity contribution in [2.45, 2.75) is 19.0 Å². The van der Waals surface area contributed by atoms with E-state index >= 15 is 0 Å². The van der Waals surface area contributed by atoms with E-state index < -0.39 is 5.97 Å². The van der Waals surface area contributed by atoms with E-state index in [0.29, 0.717) is 11.3 Å². The summed E-state index contributed by atoms with van der Waals surface area (Å²) in [4.78, 5) is 28.8. The van der Waals surface area contributed by atoms with Crippen molar-refractivity contribution in [3.63, 3.8) is 0 Å². The number of imidazole rings is 1. The molecule has 1 amide bonds. The molecule has 0 radical (unpaired) electrons. The third kappa shape index (κ3) is 4.61. The molecule has 1 heterocycles. The van der Waals surface area contributed by atoms with E-state index in [0.717, 1.165) is 16.4 Å². The van der Waals surface area contributed by atoms with Crippen LogP contribution in [0.15, 0.2) is 66.1 Å². The molecule has 3 aromatic rings. The molecule has 0 saturated carbocycles. The molecule has 1 aromatic heterocycles. The minimum Gasteiger partial charge on any atom is -0.462 e. The van der Waals surface area contributed by atoms with Gasteiger partial charge in [0.15, 0.2) is 5.16 Å². The van der Waals surface area contributed by atoms with Crippen LogP contribution >= 0.6 is 11.8 Å². The van der Waals surface area contributed by atoms with E-state index in [1.165, 1.54) is 11.8 Å². The van der Waals surface area contributed by atoms with Gasteiger partial charge in [0, 0.05) is 12.4 Å². The molecule has 144 valence electrons. The van der Waals surface area contributed by atoms with Crippen molar-refractivity contribution in [1.82, 2.24) is 9.55 Å². The molecule has 0 aliphatic carbocycles. The first kappa shape index (κ1) is 19.7. The molecule has 0 aliphatic rings. The predicted octanol–water partition coefficient (Wildman–Crippen LogP) is 4.09. The second kappa shape index (κ2) is 9.23. The van der Waals surface area contributed by atoms with Gasteiger partial charge in [0.1, 0.15) is 0 Å². The molecule has 0 unspecified atom stereocenters. The third-order valence-electron chi connectivity index (χ3n) is 4.01. The van der Waals surface area contributed by atoms with E-state index in [2.05, 4.69) is 10.3 Å². The van der Waals surface area contributed by atoms with Crippen molar-refractivity contribution in [2.24, 2.45) is 0 Å². The average Bonchev–Trinajstić information content (AvgIpc) is 3.16. The Kier molecular flexibility index (Phi) is 6.49. The highest BCUT2D eigenvalue weighted by Crippen LogP contribution is 2.23. The smallest absolute Gasteiger partial charge is 0.340 e. The van der Waals surface area contributed by atoms with Crippen LogP contribution < -0.4 is 5.32 Å². The van der Waals surface area contributed by atoms with E-state index in [9.17, 15) is 9.59 Å². The highest BCUT2D eigenvalue weighted by molar-refractivity contribution is 7.99. The van der Waals surface area contributed by atoms with Crippen molar-refractivity contribution < 1.29 is 14.3 Å². The molecule has 1 N–H and O–H groups in total. The number of aromatic nitrogens is 2. The summed E-state index contributed by atoms with van der Waals surface area (Å²) in [6.45, 7) is 4.05. The molecule has 2 aromatic carbocycles. The Morgan fingerprint density at radius 3 is 2.68 bits per heavy atom. The summed E-state index contributed by atoms with van der Waals surface area (Å²) in [5.74, 6) is -0.512. The fourth-order valence-corrected chi connectivity index (χ4v) is 3.47. The molecule has 6 nitrogen and oxygen atoms in total. The molecule has 7 heteroatoms. The zero-order valence-electron chi connectivity index (χ0n) is 15.7. The Hall–Kier alpha value is -3.06. The van der Waals surface area contributed by atoms with Crippen molar-refractivity contribution >= 4 is 29.3 Å². The zero-order valence-corrected chi connectivity index (χ0v) is 16.5. The number of carbonyl (C=O) groups excluding carboxylic acids is 2. The van der Waals surface area contributed by atoms with Crippen LogP contribution in [0.25, 0.3) is 5.69 Å². The average molecular weight is 395 g/mol. The van der Waals surface area contributed by atoms with Gasteiger partial charge in [-0.2, -0.15) is 0 Å². The Balaban J connectivity index is 1.68. The summed E-state index contributed by atoms with van der Waals surface area (Å²) >= 11 is 1.33. The normalized spacial score (nSPS) is 10.5. The van der Waals surface area contributed by atoms with E-state index in [1.807, 2.05) is 42.0 Å². The first-order chi connectivity index (χ1) is 13.6. The van der Waals surface area contributed by atoms with Gasteiger partial charge in [-0.1, -0.05) is 42.1 Å². The summed E-state index contributed by atoms with van der Waals surface area (Å²) in [6, 6.07) is 14.8. The number of benzene rings is 2. The highest BCUT2D eigenvalue weighted by Gasteiger charge is 2.15. The van der Waals surface area contributed by atoms with Gasteiger partial charge < -0.3 is 10.1 Å². The number of anilines is 1. The largest absolute Gasteiger partial charge is 0.462 e. The van der Waals surface area contributed by atoms with Gasteiger partial charge in [-0.15, -0.1) is 0 Å². The number of nitrogens with one attached hydrogen (secondary N) is 1. The molecular weight excluding hydrogens is 374 g/mol. The molecular formula is C21H21N3O3S. The fourth-order valence-electron chi connectivity index (χ4n) is 2.71. The monoisotopic (exact) mass is 395 g/mol. The molecule has 0 aliphatic heterocycles. The van der Waals surface area contributed by atoms with Crippen LogP contribution in [0.3, 0.4) is 0 Å². The van der Waals surface area contributed by atoms with Gasteiger partial charge in [-0.05, 0) is 37.6 Å². The lowest BCUT2D eigenvalue weighted by Gasteiger charge is -2.11. The minimum atomic E-state index is -0.457. The lowest BCUT2D eigenvalue weighted by molar-refractivity contribution is -0.113. The van der Waals surface area contributed by atoms with Gasteiger partial charge in [0.05, 0.1) is 29.3 Å². The number of hydrogen-bond donors (Lipinski definition) is 1. The Morgan fingerprint density at radius 2 is 1.89 bits per heavy atom. The summed E-state index contributed by atoms with van der Waals surface area (Å²) < 4.78 is 6.99. The number of thioether (sulfide) groups is 1. The number of hydrogen-bond acceptors (Lipinski definition) is 5. The van der Waals surface area contributed by atoms with Crippen LogP contribution in [0.2, 0.25) is 0 Å². The minimum absolute atomic E-state index is 0.167. The van der Waals surface area contributed by atoms with Crippen LogP contribution in [0.5, 0.6) is 0 Å². The van der Waals surface area contributed by atoms with Crippen molar-refractivity contribution in [2.75, 3.05) is 17.7 Å². The van der Waals surface area contributed by atoms with Crippen LogP contribution in [0, 0.1) is 6.92 Å². The predicted molar refractivity (Wildman–Crippen MR) is 110 cm³/mol. The van der Waals surface area contributed by atoms with Crippen molar-refractivity contribution in [1.29, 1.82) is 0 Å². The Morgan fingerprint density at radius 1 is 1.14 bits per heavy atom. The van der Waals surface area contributed by atoms with Crippen LogP contribution in [0.4, 0.5) is 5.69 Å². The Labute approximate surface area is 167 Å². The van der Waals surface area contributed by atoms with Gasteiger partial charge in [0.2, 0.25) is 5.91 Å². The maximum absolute atomic E-state index is 12.4. The maximum Gasteiger partial charge on any atom is 0.340 e. The van der Waals surface area contributed by atoms with Gasteiger partial charge in [-0.25, -0.2) is 9.78 Å². The first-order valence-electron chi connectivity index (χ1n) is 8.88. The van der Waals surface area contributed by atoms with Gasteiger partial charge in [-0.3, -0.25) is 9.36 Å². The van der Waals surface area contributed by atoms with E-state index in [4.69, 9.17) is 4.74 Å². The summed E-state index contributed by atoms with van der Waals surface area (Å²) in [5.41, 5.74) is 2.92. The van der Waals surface area contributed by atoms with Crippen molar-refractivity contribution in [3.8, 4) is 5.69 Å². The van der Waals surface area contributed by atoms with E-state index in [-0.39, 0.29) is 18.3 Å². The quantitative estimate of drug-likeness (QED) is 0.482. The van der Waals surface area contributed by atoms with Crippen LogP contribution in [0.1, 0.15) is 22.8 Å². The second-order valence-corrected chi connectivity index (χ2v) is 6.91. The van der Waals surface area contributed by atoms with Crippen molar-refractivity contribution in [3.05, 3.63) is 72.1 Å². The van der Waals surface area contributed by atoms with Crippen LogP contribution in [-0.4, -0.2) is 33.8 Å². The lowest BCUT2D eigenvalue weighted by atomic mass is 10.2. The summed E-state index contributed by atoms with van der Waals surface area (Å²) in [7, 11) is 0. The highest BCUT2D eigenvalue weighted by atomic mass is 32.2. The molecule has 0 spiro atoms. The third-order valence-corrected chi connectivity index (χ3v) is 4.98. The number of nitrogens with zero attached hydrogens (tertiary/aromatic N) is 2.